The molecule has 7 nitrogen and oxygen atoms in total. The first-order valence-corrected chi connectivity index (χ1v) is 10.1. The molecule has 0 radical (unpaired) electrons. The molecule has 1 aliphatic rings. The average Bonchev–Trinajstić information content (AvgIpc) is 2.65. The fourth-order valence-electron chi connectivity index (χ4n) is 3.06. The topological polar surface area (TPSA) is 98.1 Å². The highest BCUT2D eigenvalue weighted by molar-refractivity contribution is 7.91. The molecular formula is C18H21N3O4S. The predicted molar refractivity (Wildman–Crippen MR) is 95.4 cm³/mol. The summed E-state index contributed by atoms with van der Waals surface area (Å²) in [5.41, 5.74) is -0.518. The average molecular weight is 375 g/mol. The number of sulfone groups is 1. The molecule has 8 heteroatoms. The van der Waals surface area contributed by atoms with Crippen LogP contribution in [0.4, 0.5) is 0 Å². The van der Waals surface area contributed by atoms with Gasteiger partial charge in [0.25, 0.3) is 5.56 Å². The van der Waals surface area contributed by atoms with Gasteiger partial charge >= 0.3 is 0 Å². The number of hydrogen-bond acceptors (Lipinski definition) is 5. The monoisotopic (exact) mass is 375 g/mol. The van der Waals surface area contributed by atoms with Crippen molar-refractivity contribution in [3.8, 4) is 0 Å². The minimum absolute atomic E-state index is 0.0874. The summed E-state index contributed by atoms with van der Waals surface area (Å²) >= 11 is 0. The van der Waals surface area contributed by atoms with Crippen LogP contribution in [-0.4, -0.2) is 30.1 Å². The second-order valence-electron chi connectivity index (χ2n) is 6.39. The molecule has 2 aromatic rings. The zero-order chi connectivity index (χ0) is 18.6. The molecular weight excluding hydrogens is 354 g/mol. The van der Waals surface area contributed by atoms with Crippen LogP contribution in [0.2, 0.25) is 0 Å². The Kier molecular flexibility index (Phi) is 5.51. The third-order valence-corrected chi connectivity index (χ3v) is 6.10. The van der Waals surface area contributed by atoms with E-state index >= 15 is 0 Å². The number of nitrogens with zero attached hydrogens (tertiary/aromatic N) is 2. The van der Waals surface area contributed by atoms with E-state index in [1.165, 1.54) is 24.6 Å². The molecule has 0 saturated heterocycles. The van der Waals surface area contributed by atoms with E-state index in [1.807, 2.05) is 0 Å². The molecule has 1 aromatic heterocycles. The Balaban J connectivity index is 1.79. The van der Waals surface area contributed by atoms with Crippen molar-refractivity contribution >= 4 is 15.7 Å². The molecule has 1 fully saturated rings. The minimum atomic E-state index is -3.84. The maximum atomic E-state index is 12.6. The van der Waals surface area contributed by atoms with E-state index in [0.29, 0.717) is 0 Å². The number of aromatic nitrogens is 2. The Morgan fingerprint density at radius 2 is 1.77 bits per heavy atom. The number of rotatable bonds is 5. The SMILES string of the molecule is O=C(Cn1nc(S(=O)(=O)c2ccccc2)ccc1=O)NC1CCCCC1. The van der Waals surface area contributed by atoms with Gasteiger partial charge in [0.05, 0.1) is 4.90 Å². The van der Waals surface area contributed by atoms with E-state index in [0.717, 1.165) is 36.4 Å². The van der Waals surface area contributed by atoms with Gasteiger partial charge in [-0.1, -0.05) is 37.5 Å². The van der Waals surface area contributed by atoms with Gasteiger partial charge in [0.15, 0.2) is 5.03 Å². The summed E-state index contributed by atoms with van der Waals surface area (Å²) in [6, 6.07) is 10.3. The lowest BCUT2D eigenvalue weighted by atomic mass is 9.95. The Labute approximate surface area is 152 Å². The summed E-state index contributed by atoms with van der Waals surface area (Å²) in [6.45, 7) is -0.298. The molecule has 1 aliphatic carbocycles. The lowest BCUT2D eigenvalue weighted by molar-refractivity contribution is -0.122. The molecule has 1 saturated carbocycles. The van der Waals surface area contributed by atoms with E-state index < -0.39 is 15.4 Å². The van der Waals surface area contributed by atoms with Gasteiger partial charge < -0.3 is 5.32 Å². The fraction of sp³-hybridized carbons (Fsp3) is 0.389. The largest absolute Gasteiger partial charge is 0.352 e. The van der Waals surface area contributed by atoms with Crippen molar-refractivity contribution < 1.29 is 13.2 Å². The molecule has 1 aromatic carbocycles. The highest BCUT2D eigenvalue weighted by Crippen LogP contribution is 2.18. The second-order valence-corrected chi connectivity index (χ2v) is 8.28. The summed E-state index contributed by atoms with van der Waals surface area (Å²) < 4.78 is 26.1. The molecule has 1 heterocycles. The zero-order valence-corrected chi connectivity index (χ0v) is 15.1. The Morgan fingerprint density at radius 1 is 1.08 bits per heavy atom. The normalized spacial score (nSPS) is 15.5. The van der Waals surface area contributed by atoms with Gasteiger partial charge in [0, 0.05) is 12.1 Å². The van der Waals surface area contributed by atoms with Crippen LogP contribution in [0, 0.1) is 0 Å². The number of hydrogen-bond donors (Lipinski definition) is 1. The standard InChI is InChI=1S/C18H21N3O4S/c22-16(19-14-7-3-1-4-8-14)13-21-18(23)12-11-17(20-21)26(24,25)15-9-5-2-6-10-15/h2,5-6,9-12,14H,1,3-4,7-8,13H2,(H,19,22). The van der Waals surface area contributed by atoms with Crippen molar-refractivity contribution in [3.63, 3.8) is 0 Å². The first-order valence-electron chi connectivity index (χ1n) is 8.64. The van der Waals surface area contributed by atoms with Crippen LogP contribution in [-0.2, 0) is 21.2 Å². The van der Waals surface area contributed by atoms with Gasteiger partial charge in [-0.05, 0) is 31.0 Å². The van der Waals surface area contributed by atoms with Crippen molar-refractivity contribution in [2.45, 2.75) is 54.6 Å². The second kappa shape index (κ2) is 7.82. The third kappa shape index (κ3) is 4.19. The molecule has 0 aliphatic heterocycles. The molecule has 0 bridgehead atoms. The van der Waals surface area contributed by atoms with Gasteiger partial charge in [-0.25, -0.2) is 13.1 Å². The molecule has 0 spiro atoms. The van der Waals surface area contributed by atoms with Gasteiger partial charge in [0.2, 0.25) is 15.7 Å². The lowest BCUT2D eigenvalue weighted by Gasteiger charge is -2.22. The Hall–Kier alpha value is -2.48. The highest BCUT2D eigenvalue weighted by Gasteiger charge is 2.21. The number of benzene rings is 1. The van der Waals surface area contributed by atoms with Gasteiger partial charge in [-0.15, -0.1) is 0 Å². The van der Waals surface area contributed by atoms with Crippen LogP contribution < -0.4 is 10.9 Å². The maximum Gasteiger partial charge on any atom is 0.267 e. The summed E-state index contributed by atoms with van der Waals surface area (Å²) in [5, 5.41) is 6.55. The molecule has 3 rings (SSSR count). The van der Waals surface area contributed by atoms with Crippen molar-refractivity contribution in [1.82, 2.24) is 15.1 Å². The number of carbonyl (C=O) groups is 1. The third-order valence-electron chi connectivity index (χ3n) is 4.43. The summed E-state index contributed by atoms with van der Waals surface area (Å²) in [5.74, 6) is -0.333. The Bertz CT molecular complexity index is 932. The summed E-state index contributed by atoms with van der Waals surface area (Å²) in [7, 11) is -3.84. The smallest absolute Gasteiger partial charge is 0.267 e. The van der Waals surface area contributed by atoms with Gasteiger partial charge in [-0.2, -0.15) is 5.10 Å². The van der Waals surface area contributed by atoms with Crippen LogP contribution in [0.15, 0.2) is 57.2 Å². The van der Waals surface area contributed by atoms with Crippen LogP contribution in [0.5, 0.6) is 0 Å². The van der Waals surface area contributed by atoms with E-state index in [2.05, 4.69) is 10.4 Å². The molecule has 0 unspecified atom stereocenters. The summed E-state index contributed by atoms with van der Waals surface area (Å²) in [4.78, 5) is 24.3. The van der Waals surface area contributed by atoms with Crippen molar-refractivity contribution in [3.05, 3.63) is 52.8 Å². The lowest BCUT2D eigenvalue weighted by Crippen LogP contribution is -2.40. The van der Waals surface area contributed by atoms with Gasteiger partial charge in [0.1, 0.15) is 6.54 Å². The van der Waals surface area contributed by atoms with E-state index in [-0.39, 0.29) is 28.4 Å². The van der Waals surface area contributed by atoms with Crippen LogP contribution >= 0.6 is 0 Å². The molecule has 1 amide bonds. The van der Waals surface area contributed by atoms with E-state index in [9.17, 15) is 18.0 Å². The molecule has 138 valence electrons. The first-order chi connectivity index (χ1) is 12.5. The zero-order valence-electron chi connectivity index (χ0n) is 14.3. The molecule has 0 atom stereocenters. The number of amides is 1. The predicted octanol–water partition coefficient (Wildman–Crippen LogP) is 1.52. The van der Waals surface area contributed by atoms with Crippen molar-refractivity contribution in [1.29, 1.82) is 0 Å². The van der Waals surface area contributed by atoms with Crippen molar-refractivity contribution in [2.24, 2.45) is 0 Å². The fourth-order valence-corrected chi connectivity index (χ4v) is 4.27. The van der Waals surface area contributed by atoms with Crippen molar-refractivity contribution in [2.75, 3.05) is 0 Å². The van der Waals surface area contributed by atoms with Gasteiger partial charge in [-0.3, -0.25) is 9.59 Å². The van der Waals surface area contributed by atoms with Crippen LogP contribution in [0.1, 0.15) is 32.1 Å². The number of carbonyl (C=O) groups excluding carboxylic acids is 1. The number of nitrogens with one attached hydrogen (secondary N) is 1. The first kappa shape index (κ1) is 18.3. The van der Waals surface area contributed by atoms with E-state index in [1.54, 1.807) is 18.2 Å². The molecule has 26 heavy (non-hydrogen) atoms. The quantitative estimate of drug-likeness (QED) is 0.854. The maximum absolute atomic E-state index is 12.6. The minimum Gasteiger partial charge on any atom is -0.352 e. The Morgan fingerprint density at radius 3 is 2.46 bits per heavy atom. The highest BCUT2D eigenvalue weighted by atomic mass is 32.2. The van der Waals surface area contributed by atoms with Crippen LogP contribution in [0.3, 0.4) is 0 Å². The van der Waals surface area contributed by atoms with E-state index in [4.69, 9.17) is 0 Å². The summed E-state index contributed by atoms with van der Waals surface area (Å²) in [6.07, 6.45) is 5.18. The van der Waals surface area contributed by atoms with Crippen LogP contribution in [0.25, 0.3) is 0 Å². The molecule has 1 N–H and O–H groups in total.